The van der Waals surface area contributed by atoms with Crippen molar-refractivity contribution in [1.29, 1.82) is 0 Å². The molecule has 6 heteroatoms. The van der Waals surface area contributed by atoms with Gasteiger partial charge >= 0.3 is 6.09 Å². The number of ether oxygens (including phenoxy) is 1. The predicted molar refractivity (Wildman–Crippen MR) is 63.9 cm³/mol. The van der Waals surface area contributed by atoms with Crippen LogP contribution < -0.4 is 5.32 Å². The van der Waals surface area contributed by atoms with E-state index in [9.17, 15) is 4.79 Å². The Bertz CT molecular complexity index is 432. The number of nitrogens with one attached hydrogen (secondary N) is 1. The van der Waals surface area contributed by atoms with E-state index in [1.54, 1.807) is 6.92 Å². The Kier molecular flexibility index (Phi) is 3.28. The SMILES string of the molecule is Cc1nc(C(NC(=O)OC(C)(C)C)C2CC2)no1. The van der Waals surface area contributed by atoms with Gasteiger partial charge in [-0.15, -0.1) is 0 Å². The van der Waals surface area contributed by atoms with Crippen LogP contribution in [0.3, 0.4) is 0 Å². The van der Waals surface area contributed by atoms with E-state index >= 15 is 0 Å². The van der Waals surface area contributed by atoms with Gasteiger partial charge in [-0.25, -0.2) is 4.79 Å². The lowest BCUT2D eigenvalue weighted by Gasteiger charge is -2.22. The highest BCUT2D eigenvalue weighted by atomic mass is 16.6. The third kappa shape index (κ3) is 3.45. The molecule has 0 saturated heterocycles. The number of hydrogen-bond acceptors (Lipinski definition) is 5. The maximum absolute atomic E-state index is 11.8. The molecule has 1 atom stereocenters. The normalized spacial score (nSPS) is 17.3. The highest BCUT2D eigenvalue weighted by molar-refractivity contribution is 5.68. The zero-order chi connectivity index (χ0) is 13.3. The number of aromatic nitrogens is 2. The predicted octanol–water partition coefficient (Wildman–Crippen LogP) is 2.35. The lowest BCUT2D eigenvalue weighted by atomic mass is 10.2. The number of carbonyl (C=O) groups excluding carboxylic acids is 1. The molecule has 1 amide bonds. The van der Waals surface area contributed by atoms with Gasteiger partial charge in [0.25, 0.3) is 0 Å². The summed E-state index contributed by atoms with van der Waals surface area (Å²) in [6.07, 6.45) is 1.68. The smallest absolute Gasteiger partial charge is 0.408 e. The van der Waals surface area contributed by atoms with Crippen molar-refractivity contribution >= 4 is 6.09 Å². The molecule has 100 valence electrons. The molecule has 0 radical (unpaired) electrons. The number of amides is 1. The molecule has 0 aromatic carbocycles. The molecule has 1 fully saturated rings. The maximum Gasteiger partial charge on any atom is 0.408 e. The number of nitrogens with zero attached hydrogens (tertiary/aromatic N) is 2. The van der Waals surface area contributed by atoms with Crippen molar-refractivity contribution in [1.82, 2.24) is 15.5 Å². The monoisotopic (exact) mass is 253 g/mol. The molecular formula is C12H19N3O3. The van der Waals surface area contributed by atoms with E-state index in [2.05, 4.69) is 15.5 Å². The average Bonchev–Trinajstić information content (AvgIpc) is 2.95. The Hall–Kier alpha value is -1.59. The zero-order valence-corrected chi connectivity index (χ0v) is 11.2. The largest absolute Gasteiger partial charge is 0.444 e. The third-order valence-corrected chi connectivity index (χ3v) is 2.59. The van der Waals surface area contributed by atoms with Gasteiger partial charge < -0.3 is 14.6 Å². The lowest BCUT2D eigenvalue weighted by Crippen LogP contribution is -2.36. The number of hydrogen-bond donors (Lipinski definition) is 1. The Morgan fingerprint density at radius 2 is 2.17 bits per heavy atom. The maximum atomic E-state index is 11.8. The molecule has 2 rings (SSSR count). The molecule has 1 aromatic heterocycles. The quantitative estimate of drug-likeness (QED) is 0.894. The van der Waals surface area contributed by atoms with E-state index in [0.29, 0.717) is 17.6 Å². The first-order valence-corrected chi connectivity index (χ1v) is 6.15. The van der Waals surface area contributed by atoms with Gasteiger partial charge in [0.1, 0.15) is 5.60 Å². The summed E-state index contributed by atoms with van der Waals surface area (Å²) in [7, 11) is 0. The molecule has 18 heavy (non-hydrogen) atoms. The van der Waals surface area contributed by atoms with Crippen LogP contribution >= 0.6 is 0 Å². The van der Waals surface area contributed by atoms with Gasteiger partial charge in [-0.1, -0.05) is 5.16 Å². The average molecular weight is 253 g/mol. The van der Waals surface area contributed by atoms with Crippen molar-refractivity contribution in [2.24, 2.45) is 5.92 Å². The summed E-state index contributed by atoms with van der Waals surface area (Å²) < 4.78 is 10.2. The molecule has 1 saturated carbocycles. The van der Waals surface area contributed by atoms with E-state index in [0.717, 1.165) is 12.8 Å². The third-order valence-electron chi connectivity index (χ3n) is 2.59. The van der Waals surface area contributed by atoms with Crippen molar-refractivity contribution < 1.29 is 14.1 Å². The Morgan fingerprint density at radius 3 is 2.61 bits per heavy atom. The Balaban J connectivity index is 2.01. The van der Waals surface area contributed by atoms with Crippen molar-refractivity contribution in [3.63, 3.8) is 0 Å². The highest BCUT2D eigenvalue weighted by Crippen LogP contribution is 2.40. The van der Waals surface area contributed by atoms with Gasteiger partial charge in [0.15, 0.2) is 5.82 Å². The van der Waals surface area contributed by atoms with Crippen LogP contribution in [0.5, 0.6) is 0 Å². The fourth-order valence-corrected chi connectivity index (χ4v) is 1.70. The second-order valence-electron chi connectivity index (χ2n) is 5.63. The second kappa shape index (κ2) is 4.59. The van der Waals surface area contributed by atoms with Crippen molar-refractivity contribution in [2.45, 2.75) is 52.2 Å². The van der Waals surface area contributed by atoms with Gasteiger partial charge in [0.2, 0.25) is 5.89 Å². The molecular weight excluding hydrogens is 234 g/mol. The highest BCUT2D eigenvalue weighted by Gasteiger charge is 2.37. The molecule has 1 unspecified atom stereocenters. The van der Waals surface area contributed by atoms with Crippen LogP contribution in [0.4, 0.5) is 4.79 Å². The molecule has 1 heterocycles. The number of alkyl carbamates (subject to hydrolysis) is 1. The molecule has 0 aliphatic heterocycles. The van der Waals surface area contributed by atoms with Crippen LogP contribution in [-0.4, -0.2) is 21.8 Å². The van der Waals surface area contributed by atoms with Crippen LogP contribution in [0.15, 0.2) is 4.52 Å². The Morgan fingerprint density at radius 1 is 1.50 bits per heavy atom. The van der Waals surface area contributed by atoms with Gasteiger partial charge in [-0.3, -0.25) is 0 Å². The minimum Gasteiger partial charge on any atom is -0.444 e. The van der Waals surface area contributed by atoms with Crippen LogP contribution in [0.1, 0.15) is 51.4 Å². The Labute approximate surface area is 106 Å². The molecule has 1 aliphatic carbocycles. The fourth-order valence-electron chi connectivity index (χ4n) is 1.70. The molecule has 6 nitrogen and oxygen atoms in total. The first-order chi connectivity index (χ1) is 8.35. The molecule has 0 bridgehead atoms. The molecule has 1 N–H and O–H groups in total. The molecule has 0 spiro atoms. The minimum absolute atomic E-state index is 0.211. The molecule has 1 aliphatic rings. The number of aryl methyl sites for hydroxylation is 1. The standard InChI is InChI=1S/C12H19N3O3/c1-7-13-10(15-18-7)9(8-5-6-8)14-11(16)17-12(2,3)4/h8-9H,5-6H2,1-4H3,(H,14,16). The van der Waals surface area contributed by atoms with Crippen LogP contribution in [-0.2, 0) is 4.74 Å². The van der Waals surface area contributed by atoms with Crippen LogP contribution in [0, 0.1) is 12.8 Å². The first kappa shape index (κ1) is 12.9. The first-order valence-electron chi connectivity index (χ1n) is 6.15. The summed E-state index contributed by atoms with van der Waals surface area (Å²) in [5.74, 6) is 1.41. The summed E-state index contributed by atoms with van der Waals surface area (Å²) in [4.78, 5) is 15.9. The van der Waals surface area contributed by atoms with E-state index in [4.69, 9.17) is 9.26 Å². The summed E-state index contributed by atoms with van der Waals surface area (Å²) in [5.41, 5.74) is -0.509. The van der Waals surface area contributed by atoms with Gasteiger partial charge in [0, 0.05) is 6.92 Å². The van der Waals surface area contributed by atoms with E-state index in [1.165, 1.54) is 0 Å². The van der Waals surface area contributed by atoms with E-state index in [-0.39, 0.29) is 6.04 Å². The topological polar surface area (TPSA) is 77.2 Å². The summed E-state index contributed by atoms with van der Waals surface area (Å²) >= 11 is 0. The van der Waals surface area contributed by atoms with Crippen LogP contribution in [0.2, 0.25) is 0 Å². The minimum atomic E-state index is -0.509. The summed E-state index contributed by atoms with van der Waals surface area (Å²) in [6, 6.07) is -0.211. The van der Waals surface area contributed by atoms with Gasteiger partial charge in [-0.2, -0.15) is 4.98 Å². The summed E-state index contributed by atoms with van der Waals surface area (Å²) in [6.45, 7) is 7.22. The fraction of sp³-hybridized carbons (Fsp3) is 0.750. The van der Waals surface area contributed by atoms with Gasteiger partial charge in [-0.05, 0) is 39.5 Å². The van der Waals surface area contributed by atoms with E-state index in [1.807, 2.05) is 20.8 Å². The molecule has 1 aromatic rings. The second-order valence-corrected chi connectivity index (χ2v) is 5.63. The zero-order valence-electron chi connectivity index (χ0n) is 11.2. The van der Waals surface area contributed by atoms with Crippen molar-refractivity contribution in [3.05, 3.63) is 11.7 Å². The summed E-state index contributed by atoms with van der Waals surface area (Å²) in [5, 5.41) is 6.69. The lowest BCUT2D eigenvalue weighted by molar-refractivity contribution is 0.0494. The van der Waals surface area contributed by atoms with Gasteiger partial charge in [0.05, 0.1) is 6.04 Å². The van der Waals surface area contributed by atoms with Crippen molar-refractivity contribution in [2.75, 3.05) is 0 Å². The van der Waals surface area contributed by atoms with Crippen molar-refractivity contribution in [3.8, 4) is 0 Å². The van der Waals surface area contributed by atoms with Crippen LogP contribution in [0.25, 0.3) is 0 Å². The van der Waals surface area contributed by atoms with E-state index < -0.39 is 11.7 Å². The number of carbonyl (C=O) groups is 1. The number of rotatable bonds is 3.